The average molecular weight is 323 g/mol. The molecular formula is C19H21N3O2. The highest BCUT2D eigenvalue weighted by Crippen LogP contribution is 2.13. The van der Waals surface area contributed by atoms with Gasteiger partial charge in [-0.15, -0.1) is 0 Å². The van der Waals surface area contributed by atoms with Crippen molar-refractivity contribution in [1.29, 1.82) is 5.26 Å². The monoisotopic (exact) mass is 323 g/mol. The number of ether oxygens (including phenoxy) is 1. The van der Waals surface area contributed by atoms with Crippen molar-refractivity contribution in [3.8, 4) is 11.8 Å². The first kappa shape index (κ1) is 17.4. The van der Waals surface area contributed by atoms with E-state index in [2.05, 4.69) is 11.4 Å². The van der Waals surface area contributed by atoms with Gasteiger partial charge < -0.3 is 15.0 Å². The van der Waals surface area contributed by atoms with E-state index in [0.717, 1.165) is 11.3 Å². The molecule has 0 bridgehead atoms. The second-order valence-electron chi connectivity index (χ2n) is 5.58. The Balaban J connectivity index is 1.76. The van der Waals surface area contributed by atoms with Crippen LogP contribution in [0.5, 0.6) is 5.75 Å². The van der Waals surface area contributed by atoms with Crippen molar-refractivity contribution in [2.45, 2.75) is 6.42 Å². The number of carbonyl (C=O) groups excluding carboxylic acids is 1. The van der Waals surface area contributed by atoms with Gasteiger partial charge in [-0.05, 0) is 35.9 Å². The quantitative estimate of drug-likeness (QED) is 0.796. The Kier molecular flexibility index (Phi) is 6.21. The van der Waals surface area contributed by atoms with Crippen molar-refractivity contribution in [3.05, 3.63) is 59.7 Å². The molecule has 5 nitrogen and oxygen atoms in total. The third kappa shape index (κ3) is 5.33. The second-order valence-corrected chi connectivity index (χ2v) is 5.58. The highest BCUT2D eigenvalue weighted by atomic mass is 16.5. The SMILES string of the molecule is CN(C)C(=O)Cc1ccc(NCCOc2cccc(C#N)c2)cc1. The fraction of sp³-hybridized carbons (Fsp3) is 0.263. The summed E-state index contributed by atoms with van der Waals surface area (Å²) in [6.07, 6.45) is 0.408. The largest absolute Gasteiger partial charge is 0.492 e. The van der Waals surface area contributed by atoms with Crippen molar-refractivity contribution in [3.63, 3.8) is 0 Å². The van der Waals surface area contributed by atoms with Crippen LogP contribution in [0, 0.1) is 11.3 Å². The van der Waals surface area contributed by atoms with Crippen LogP contribution in [0.4, 0.5) is 5.69 Å². The maximum atomic E-state index is 11.7. The number of anilines is 1. The number of nitriles is 1. The molecule has 0 saturated heterocycles. The van der Waals surface area contributed by atoms with Gasteiger partial charge in [0.1, 0.15) is 12.4 Å². The molecule has 0 atom stereocenters. The fourth-order valence-corrected chi connectivity index (χ4v) is 2.09. The number of likely N-dealkylation sites (N-methyl/N-ethyl adjacent to an activating group) is 1. The molecule has 0 fully saturated rings. The van der Waals surface area contributed by atoms with E-state index in [1.165, 1.54) is 0 Å². The molecule has 0 radical (unpaired) electrons. The first-order valence-electron chi connectivity index (χ1n) is 7.74. The standard InChI is InChI=1S/C19H21N3O2/c1-22(2)19(23)13-15-6-8-17(9-7-15)21-10-11-24-18-5-3-4-16(12-18)14-20/h3-9,12,21H,10-11,13H2,1-2H3. The highest BCUT2D eigenvalue weighted by Gasteiger charge is 2.05. The average Bonchev–Trinajstić information content (AvgIpc) is 2.60. The van der Waals surface area contributed by atoms with Crippen LogP contribution >= 0.6 is 0 Å². The summed E-state index contributed by atoms with van der Waals surface area (Å²) in [5, 5.41) is 12.1. The summed E-state index contributed by atoms with van der Waals surface area (Å²) in [7, 11) is 3.51. The van der Waals surface area contributed by atoms with Gasteiger partial charge >= 0.3 is 0 Å². The van der Waals surface area contributed by atoms with Gasteiger partial charge in [-0.3, -0.25) is 4.79 Å². The topological polar surface area (TPSA) is 65.4 Å². The fourth-order valence-electron chi connectivity index (χ4n) is 2.09. The van der Waals surface area contributed by atoms with Crippen LogP contribution in [-0.4, -0.2) is 38.1 Å². The van der Waals surface area contributed by atoms with Crippen LogP contribution in [0.1, 0.15) is 11.1 Å². The minimum Gasteiger partial charge on any atom is -0.492 e. The molecule has 0 unspecified atom stereocenters. The van der Waals surface area contributed by atoms with Gasteiger partial charge in [0.05, 0.1) is 18.1 Å². The summed E-state index contributed by atoms with van der Waals surface area (Å²) in [6, 6.07) is 17.0. The van der Waals surface area contributed by atoms with Gasteiger partial charge in [0, 0.05) is 26.3 Å². The number of amides is 1. The van der Waals surface area contributed by atoms with Crippen molar-refractivity contribution in [2.75, 3.05) is 32.6 Å². The van der Waals surface area contributed by atoms with Crippen molar-refractivity contribution >= 4 is 11.6 Å². The first-order valence-corrected chi connectivity index (χ1v) is 7.74. The van der Waals surface area contributed by atoms with E-state index in [9.17, 15) is 4.79 Å². The van der Waals surface area contributed by atoms with E-state index in [-0.39, 0.29) is 5.91 Å². The zero-order chi connectivity index (χ0) is 17.4. The van der Waals surface area contributed by atoms with E-state index in [0.29, 0.717) is 30.9 Å². The van der Waals surface area contributed by atoms with Gasteiger partial charge in [0.25, 0.3) is 0 Å². The second kappa shape index (κ2) is 8.59. The molecular weight excluding hydrogens is 302 g/mol. The Labute approximate surface area is 142 Å². The molecule has 0 aliphatic carbocycles. The molecule has 5 heteroatoms. The normalized spacial score (nSPS) is 9.88. The Bertz CT molecular complexity index is 718. The van der Waals surface area contributed by atoms with E-state index in [1.807, 2.05) is 30.3 Å². The lowest BCUT2D eigenvalue weighted by atomic mass is 10.1. The van der Waals surface area contributed by atoms with Gasteiger partial charge in [0.2, 0.25) is 5.91 Å². The Hall–Kier alpha value is -3.00. The minimum absolute atomic E-state index is 0.0868. The van der Waals surface area contributed by atoms with Gasteiger partial charge in [-0.1, -0.05) is 18.2 Å². The molecule has 0 aliphatic rings. The lowest BCUT2D eigenvalue weighted by Gasteiger charge is -2.11. The summed E-state index contributed by atoms with van der Waals surface area (Å²) in [4.78, 5) is 13.3. The van der Waals surface area contributed by atoms with E-state index < -0.39 is 0 Å². The van der Waals surface area contributed by atoms with Crippen LogP contribution < -0.4 is 10.1 Å². The van der Waals surface area contributed by atoms with Gasteiger partial charge in [-0.2, -0.15) is 5.26 Å². The third-order valence-electron chi connectivity index (χ3n) is 3.47. The number of nitrogens with zero attached hydrogens (tertiary/aromatic N) is 2. The molecule has 124 valence electrons. The van der Waals surface area contributed by atoms with E-state index in [4.69, 9.17) is 10.00 Å². The molecule has 0 heterocycles. The summed E-state index contributed by atoms with van der Waals surface area (Å²) in [5.74, 6) is 0.775. The summed E-state index contributed by atoms with van der Waals surface area (Å²) >= 11 is 0. The Morgan fingerprint density at radius 3 is 2.62 bits per heavy atom. The summed E-state index contributed by atoms with van der Waals surface area (Å²) in [6.45, 7) is 1.14. The number of nitrogens with one attached hydrogen (secondary N) is 1. The maximum Gasteiger partial charge on any atom is 0.226 e. The number of benzene rings is 2. The molecule has 24 heavy (non-hydrogen) atoms. The molecule has 2 aromatic rings. The van der Waals surface area contributed by atoms with Crippen molar-refractivity contribution in [1.82, 2.24) is 4.90 Å². The summed E-state index contributed by atoms with van der Waals surface area (Å²) < 4.78 is 5.61. The third-order valence-corrected chi connectivity index (χ3v) is 3.47. The molecule has 2 rings (SSSR count). The van der Waals surface area contributed by atoms with Gasteiger partial charge in [0.15, 0.2) is 0 Å². The zero-order valence-electron chi connectivity index (χ0n) is 14.0. The van der Waals surface area contributed by atoms with Crippen LogP contribution in [-0.2, 0) is 11.2 Å². The lowest BCUT2D eigenvalue weighted by molar-refractivity contribution is -0.127. The smallest absolute Gasteiger partial charge is 0.226 e. The Morgan fingerprint density at radius 2 is 1.96 bits per heavy atom. The van der Waals surface area contributed by atoms with Crippen LogP contribution in [0.15, 0.2) is 48.5 Å². The molecule has 0 saturated carbocycles. The minimum atomic E-state index is 0.0868. The molecule has 0 aliphatic heterocycles. The van der Waals surface area contributed by atoms with Crippen molar-refractivity contribution < 1.29 is 9.53 Å². The Morgan fingerprint density at radius 1 is 1.21 bits per heavy atom. The molecule has 0 spiro atoms. The maximum absolute atomic E-state index is 11.7. The van der Waals surface area contributed by atoms with Crippen LogP contribution in [0.2, 0.25) is 0 Å². The number of hydrogen-bond donors (Lipinski definition) is 1. The van der Waals surface area contributed by atoms with E-state index in [1.54, 1.807) is 37.2 Å². The molecule has 1 amide bonds. The number of hydrogen-bond acceptors (Lipinski definition) is 4. The van der Waals surface area contributed by atoms with E-state index >= 15 is 0 Å². The zero-order valence-corrected chi connectivity index (χ0v) is 14.0. The summed E-state index contributed by atoms with van der Waals surface area (Å²) in [5.41, 5.74) is 2.55. The van der Waals surface area contributed by atoms with Crippen molar-refractivity contribution in [2.24, 2.45) is 0 Å². The molecule has 2 aromatic carbocycles. The number of carbonyl (C=O) groups is 1. The highest BCUT2D eigenvalue weighted by molar-refractivity contribution is 5.78. The van der Waals surface area contributed by atoms with Gasteiger partial charge in [-0.25, -0.2) is 0 Å². The predicted molar refractivity (Wildman–Crippen MR) is 94.0 cm³/mol. The first-order chi connectivity index (χ1) is 11.6. The van der Waals surface area contributed by atoms with Crippen LogP contribution in [0.25, 0.3) is 0 Å². The predicted octanol–water partition coefficient (Wildman–Crippen LogP) is 2.68. The lowest BCUT2D eigenvalue weighted by Crippen LogP contribution is -2.23. The van der Waals surface area contributed by atoms with Crippen LogP contribution in [0.3, 0.4) is 0 Å². The number of rotatable bonds is 7. The molecule has 0 aromatic heterocycles. The molecule has 1 N–H and O–H groups in total.